The summed E-state index contributed by atoms with van der Waals surface area (Å²) in [6.07, 6.45) is 5.75. The molecule has 4 rings (SSSR count). The molecular weight excluding hydrogens is 362 g/mol. The number of aryl methyl sites for hydroxylation is 1. The molecule has 1 aliphatic rings. The van der Waals surface area contributed by atoms with Gasteiger partial charge in [-0.15, -0.1) is 0 Å². The van der Waals surface area contributed by atoms with Gasteiger partial charge in [0.05, 0.1) is 32.3 Å². The number of H-pyrrole nitrogens is 1. The number of benzene rings is 2. The molecule has 3 N–H and O–H groups in total. The monoisotopic (exact) mass is 392 g/mol. The van der Waals surface area contributed by atoms with Crippen LogP contribution in [-0.2, 0) is 11.2 Å². The number of amides is 1. The maximum absolute atomic E-state index is 12.6. The lowest BCUT2D eigenvalue weighted by molar-refractivity contribution is -0.918. The molecule has 1 fully saturated rings. The fourth-order valence-corrected chi connectivity index (χ4v) is 4.50. The quantitative estimate of drug-likeness (QED) is 0.552. The van der Waals surface area contributed by atoms with Crippen LogP contribution in [0.5, 0.6) is 5.75 Å². The maximum Gasteiger partial charge on any atom is 0.220 e. The normalized spacial score (nSPS) is 15.5. The number of para-hydroxylation sites is 2. The van der Waals surface area contributed by atoms with Crippen molar-refractivity contribution in [2.75, 3.05) is 26.7 Å². The van der Waals surface area contributed by atoms with Gasteiger partial charge < -0.3 is 19.9 Å². The Morgan fingerprint density at radius 1 is 1.14 bits per heavy atom. The van der Waals surface area contributed by atoms with E-state index in [1.807, 2.05) is 30.5 Å². The zero-order valence-electron chi connectivity index (χ0n) is 17.0. The number of rotatable bonds is 8. The van der Waals surface area contributed by atoms with Crippen LogP contribution < -0.4 is 15.0 Å². The summed E-state index contributed by atoms with van der Waals surface area (Å²) in [5, 5.41) is 4.40. The summed E-state index contributed by atoms with van der Waals surface area (Å²) in [6, 6.07) is 16.7. The van der Waals surface area contributed by atoms with Gasteiger partial charge in [-0.25, -0.2) is 0 Å². The number of quaternary nitrogens is 1. The number of methoxy groups -OCH3 is 1. The van der Waals surface area contributed by atoms with Gasteiger partial charge in [0.1, 0.15) is 11.8 Å². The summed E-state index contributed by atoms with van der Waals surface area (Å²) in [7, 11) is 1.72. The molecule has 1 amide bonds. The number of likely N-dealkylation sites (tertiary alicyclic amines) is 1. The van der Waals surface area contributed by atoms with Crippen LogP contribution in [-0.4, -0.2) is 37.6 Å². The zero-order chi connectivity index (χ0) is 20.1. The van der Waals surface area contributed by atoms with Crippen LogP contribution in [0.3, 0.4) is 0 Å². The average molecular weight is 393 g/mol. The molecule has 152 valence electrons. The van der Waals surface area contributed by atoms with Crippen molar-refractivity contribution in [3.8, 4) is 5.75 Å². The van der Waals surface area contributed by atoms with E-state index >= 15 is 0 Å². The fourth-order valence-electron chi connectivity index (χ4n) is 4.50. The van der Waals surface area contributed by atoms with E-state index in [0.29, 0.717) is 13.0 Å². The predicted molar refractivity (Wildman–Crippen MR) is 115 cm³/mol. The molecule has 5 heteroatoms. The third-order valence-corrected chi connectivity index (χ3v) is 6.05. The van der Waals surface area contributed by atoms with Crippen LogP contribution in [0.1, 0.15) is 36.4 Å². The van der Waals surface area contributed by atoms with Crippen LogP contribution >= 0.6 is 0 Å². The smallest absolute Gasteiger partial charge is 0.220 e. The topological polar surface area (TPSA) is 58.6 Å². The average Bonchev–Trinajstić information content (AvgIpc) is 3.43. The summed E-state index contributed by atoms with van der Waals surface area (Å²) in [4.78, 5) is 17.4. The van der Waals surface area contributed by atoms with Crippen LogP contribution in [0.2, 0.25) is 0 Å². The summed E-state index contributed by atoms with van der Waals surface area (Å²) in [5.41, 5.74) is 3.50. The number of aromatic amines is 1. The van der Waals surface area contributed by atoms with Gasteiger partial charge in [0, 0.05) is 36.4 Å². The molecule has 0 bridgehead atoms. The molecule has 0 unspecified atom stereocenters. The second-order valence-electron chi connectivity index (χ2n) is 7.82. The van der Waals surface area contributed by atoms with Crippen LogP contribution in [0.4, 0.5) is 0 Å². The van der Waals surface area contributed by atoms with E-state index < -0.39 is 0 Å². The molecule has 1 saturated heterocycles. The van der Waals surface area contributed by atoms with Crippen molar-refractivity contribution in [2.24, 2.45) is 0 Å². The standard InChI is InChI=1S/C24H29N3O2/c1-29-23-11-5-3-9-20(23)22(27-14-6-7-15-27)17-26-24(28)13-12-18-16-25-21-10-4-2-8-19(18)21/h2-5,8-11,16,22,25H,6-7,12-15,17H2,1H3,(H,26,28)/p+1/t22-/m0/s1. The number of nitrogens with one attached hydrogen (secondary N) is 3. The summed E-state index contributed by atoms with van der Waals surface area (Å²) in [5.74, 6) is 1.01. The van der Waals surface area contributed by atoms with Gasteiger partial charge in [-0.1, -0.05) is 30.3 Å². The Morgan fingerprint density at radius 2 is 1.90 bits per heavy atom. The van der Waals surface area contributed by atoms with E-state index in [1.54, 1.807) is 7.11 Å². The van der Waals surface area contributed by atoms with E-state index in [4.69, 9.17) is 4.74 Å². The molecule has 0 radical (unpaired) electrons. The summed E-state index contributed by atoms with van der Waals surface area (Å²) in [6.45, 7) is 2.93. The van der Waals surface area contributed by atoms with Gasteiger partial charge in [-0.3, -0.25) is 4.79 Å². The minimum absolute atomic E-state index is 0.105. The molecule has 2 aromatic carbocycles. The molecule has 1 aromatic heterocycles. The fraction of sp³-hybridized carbons (Fsp3) is 0.375. The second kappa shape index (κ2) is 9.14. The molecule has 29 heavy (non-hydrogen) atoms. The van der Waals surface area contributed by atoms with E-state index in [0.717, 1.165) is 30.8 Å². The van der Waals surface area contributed by atoms with Crippen molar-refractivity contribution < 1.29 is 14.4 Å². The minimum atomic E-state index is 0.105. The van der Waals surface area contributed by atoms with E-state index in [2.05, 4.69) is 34.6 Å². The number of carbonyl (C=O) groups excluding carboxylic acids is 1. The maximum atomic E-state index is 12.6. The van der Waals surface area contributed by atoms with Gasteiger partial charge in [-0.2, -0.15) is 0 Å². The summed E-state index contributed by atoms with van der Waals surface area (Å²) < 4.78 is 5.60. The van der Waals surface area contributed by atoms with Crippen LogP contribution in [0.25, 0.3) is 10.9 Å². The molecule has 5 nitrogen and oxygen atoms in total. The zero-order valence-corrected chi connectivity index (χ0v) is 17.0. The molecule has 2 heterocycles. The first-order valence-electron chi connectivity index (χ1n) is 10.6. The summed E-state index contributed by atoms with van der Waals surface area (Å²) >= 11 is 0. The number of ether oxygens (including phenoxy) is 1. The lowest BCUT2D eigenvalue weighted by Crippen LogP contribution is -3.11. The molecule has 0 aliphatic carbocycles. The van der Waals surface area contributed by atoms with E-state index in [9.17, 15) is 4.79 Å². The van der Waals surface area contributed by atoms with Crippen molar-refractivity contribution >= 4 is 16.8 Å². The Bertz CT molecular complexity index is 959. The van der Waals surface area contributed by atoms with Crippen molar-refractivity contribution in [1.82, 2.24) is 10.3 Å². The molecule has 1 aliphatic heterocycles. The number of aromatic nitrogens is 1. The molecule has 0 saturated carbocycles. The Kier molecular flexibility index (Phi) is 6.15. The SMILES string of the molecule is COc1ccccc1[C@H](CNC(=O)CCc1c[nH]c2ccccc12)[NH+]1CCCC1. The van der Waals surface area contributed by atoms with Gasteiger partial charge in [0.25, 0.3) is 0 Å². The Morgan fingerprint density at radius 3 is 2.72 bits per heavy atom. The first kappa shape index (κ1) is 19.5. The molecular formula is C24H30N3O2+. The Balaban J connectivity index is 1.39. The third-order valence-electron chi connectivity index (χ3n) is 6.05. The largest absolute Gasteiger partial charge is 0.496 e. The number of hydrogen-bond acceptors (Lipinski definition) is 2. The van der Waals surface area contributed by atoms with Crippen molar-refractivity contribution in [3.63, 3.8) is 0 Å². The predicted octanol–water partition coefficient (Wildman–Crippen LogP) is 2.65. The molecule has 0 spiro atoms. The number of fused-ring (bicyclic) bond motifs is 1. The van der Waals surface area contributed by atoms with Crippen LogP contribution in [0, 0.1) is 0 Å². The van der Waals surface area contributed by atoms with Crippen molar-refractivity contribution in [1.29, 1.82) is 0 Å². The first-order valence-corrected chi connectivity index (χ1v) is 10.6. The minimum Gasteiger partial charge on any atom is -0.496 e. The highest BCUT2D eigenvalue weighted by Gasteiger charge is 2.29. The van der Waals surface area contributed by atoms with E-state index in [-0.39, 0.29) is 11.9 Å². The first-order chi connectivity index (χ1) is 14.3. The number of carbonyl (C=O) groups is 1. The lowest BCUT2D eigenvalue weighted by atomic mass is 10.0. The van der Waals surface area contributed by atoms with Gasteiger partial charge in [-0.05, 0) is 30.2 Å². The van der Waals surface area contributed by atoms with Crippen molar-refractivity contribution in [2.45, 2.75) is 31.7 Å². The third kappa shape index (κ3) is 4.46. The molecule has 3 aromatic rings. The highest BCUT2D eigenvalue weighted by atomic mass is 16.5. The van der Waals surface area contributed by atoms with Crippen LogP contribution in [0.15, 0.2) is 54.7 Å². The Hall–Kier alpha value is -2.79. The van der Waals surface area contributed by atoms with E-state index in [1.165, 1.54) is 34.3 Å². The highest BCUT2D eigenvalue weighted by Crippen LogP contribution is 2.23. The number of hydrogen-bond donors (Lipinski definition) is 3. The van der Waals surface area contributed by atoms with Gasteiger partial charge in [0.2, 0.25) is 5.91 Å². The van der Waals surface area contributed by atoms with Crippen molar-refractivity contribution in [3.05, 3.63) is 65.9 Å². The van der Waals surface area contributed by atoms with Gasteiger partial charge >= 0.3 is 0 Å². The lowest BCUT2D eigenvalue weighted by Gasteiger charge is -2.26. The molecule has 1 atom stereocenters. The Labute approximate surface area is 172 Å². The van der Waals surface area contributed by atoms with Gasteiger partial charge in [0.15, 0.2) is 0 Å². The highest BCUT2D eigenvalue weighted by molar-refractivity contribution is 5.84. The second-order valence-corrected chi connectivity index (χ2v) is 7.82.